The molecule has 3 heterocycles. The van der Waals surface area contributed by atoms with Gasteiger partial charge in [0.2, 0.25) is 0 Å². The largest absolute Gasteiger partial charge is 0.490 e. The van der Waals surface area contributed by atoms with Gasteiger partial charge in [0.1, 0.15) is 17.5 Å². The van der Waals surface area contributed by atoms with E-state index in [2.05, 4.69) is 15.6 Å². The first-order chi connectivity index (χ1) is 20.6. The third-order valence-electron chi connectivity index (χ3n) is 7.17. The fourth-order valence-electron chi connectivity index (χ4n) is 5.13. The summed E-state index contributed by atoms with van der Waals surface area (Å²) in [7, 11) is 0. The molecule has 0 fully saturated rings. The number of carbonyl (C=O) groups is 3. The Kier molecular flexibility index (Phi) is 8.82. The number of carbonyl (C=O) groups excluding carboxylic acids is 2. The van der Waals surface area contributed by atoms with Gasteiger partial charge in [0.25, 0.3) is 11.8 Å². The molecule has 222 valence electrons. The van der Waals surface area contributed by atoms with Gasteiger partial charge in [0.05, 0.1) is 10.7 Å². The molecule has 9 nitrogen and oxygen atoms in total. The van der Waals surface area contributed by atoms with E-state index < -0.39 is 17.8 Å². The molecule has 43 heavy (non-hydrogen) atoms. The van der Waals surface area contributed by atoms with Crippen LogP contribution in [-0.4, -0.2) is 40.5 Å². The number of aryl methyl sites for hydroxylation is 1. The lowest BCUT2D eigenvalue weighted by atomic mass is 9.93. The molecule has 0 bridgehead atoms. The van der Waals surface area contributed by atoms with Gasteiger partial charge in [-0.05, 0) is 78.7 Å². The minimum atomic E-state index is -1.34. The molecule has 0 saturated heterocycles. The zero-order valence-corrected chi connectivity index (χ0v) is 25.5. The summed E-state index contributed by atoms with van der Waals surface area (Å²) >= 11 is 8.09. The number of amides is 2. The zero-order valence-electron chi connectivity index (χ0n) is 23.9. The molecule has 1 atom stereocenters. The van der Waals surface area contributed by atoms with E-state index in [0.717, 1.165) is 27.1 Å². The number of carboxylic acid groups (broad SMARTS) is 1. The van der Waals surface area contributed by atoms with E-state index >= 15 is 0 Å². The molecule has 0 radical (unpaired) electrons. The highest BCUT2D eigenvalue weighted by atomic mass is 35.5. The number of nitrogens with one attached hydrogen (secondary N) is 2. The molecule has 2 aromatic heterocycles. The lowest BCUT2D eigenvalue weighted by Gasteiger charge is -2.19. The van der Waals surface area contributed by atoms with E-state index in [0.29, 0.717) is 48.0 Å². The van der Waals surface area contributed by atoms with Crippen LogP contribution in [0, 0.1) is 6.92 Å². The highest BCUT2D eigenvalue weighted by Gasteiger charge is 2.28. The van der Waals surface area contributed by atoms with E-state index in [9.17, 15) is 19.5 Å². The van der Waals surface area contributed by atoms with E-state index in [-0.39, 0.29) is 28.6 Å². The van der Waals surface area contributed by atoms with Crippen LogP contribution in [0.2, 0.25) is 5.02 Å². The quantitative estimate of drug-likeness (QED) is 0.181. The Morgan fingerprint density at radius 1 is 1.12 bits per heavy atom. The molecule has 0 aliphatic carbocycles. The van der Waals surface area contributed by atoms with Gasteiger partial charge in [-0.3, -0.25) is 9.59 Å². The SMILES string of the molecule is CCCNC(=O)c1ccc(-c2cc3c(cc2C(=O)Nc2c(C)cc(CN)cc2Cl)-c2sccc2C[C@@H](C)O3)c(C(=O)O)n1. The number of ether oxygens (including phenoxy) is 1. The fourth-order valence-corrected chi connectivity index (χ4v) is 6.43. The van der Waals surface area contributed by atoms with Gasteiger partial charge in [-0.1, -0.05) is 24.6 Å². The first kappa shape index (κ1) is 30.2. The number of carboxylic acids is 1. The highest BCUT2D eigenvalue weighted by molar-refractivity contribution is 7.13. The van der Waals surface area contributed by atoms with E-state index in [1.807, 2.05) is 38.3 Å². The van der Waals surface area contributed by atoms with Gasteiger partial charge in [-0.25, -0.2) is 9.78 Å². The van der Waals surface area contributed by atoms with Gasteiger partial charge in [-0.2, -0.15) is 0 Å². The number of anilines is 1. The summed E-state index contributed by atoms with van der Waals surface area (Å²) in [5.41, 5.74) is 9.84. The van der Waals surface area contributed by atoms with Crippen LogP contribution in [0.15, 0.2) is 47.8 Å². The van der Waals surface area contributed by atoms with E-state index in [1.54, 1.807) is 29.5 Å². The summed E-state index contributed by atoms with van der Waals surface area (Å²) in [4.78, 5) is 44.3. The normalized spacial score (nSPS) is 13.7. The van der Waals surface area contributed by atoms with Crippen LogP contribution in [0.5, 0.6) is 5.75 Å². The van der Waals surface area contributed by atoms with E-state index in [1.165, 1.54) is 12.1 Å². The highest BCUT2D eigenvalue weighted by Crippen LogP contribution is 2.44. The van der Waals surface area contributed by atoms with Crippen LogP contribution < -0.4 is 21.1 Å². The number of hydrogen-bond acceptors (Lipinski definition) is 7. The van der Waals surface area contributed by atoms with Gasteiger partial charge < -0.3 is 26.2 Å². The molecular formula is C32H31ClN4O5S. The number of nitrogens with zero attached hydrogens (tertiary/aromatic N) is 1. The number of rotatable bonds is 8. The number of benzene rings is 2. The van der Waals surface area contributed by atoms with Crippen LogP contribution >= 0.6 is 22.9 Å². The third kappa shape index (κ3) is 6.13. The van der Waals surface area contributed by atoms with Gasteiger partial charge in [0.15, 0.2) is 5.69 Å². The van der Waals surface area contributed by atoms with Crippen LogP contribution in [0.3, 0.4) is 0 Å². The Balaban J connectivity index is 1.70. The molecule has 4 aromatic rings. The Morgan fingerprint density at radius 3 is 2.60 bits per heavy atom. The minimum absolute atomic E-state index is 0.0362. The lowest BCUT2D eigenvalue weighted by Crippen LogP contribution is -2.25. The van der Waals surface area contributed by atoms with E-state index in [4.69, 9.17) is 22.1 Å². The lowest BCUT2D eigenvalue weighted by molar-refractivity contribution is 0.0691. The van der Waals surface area contributed by atoms with Crippen molar-refractivity contribution in [2.24, 2.45) is 5.73 Å². The van der Waals surface area contributed by atoms with Crippen molar-refractivity contribution in [1.82, 2.24) is 10.3 Å². The third-order valence-corrected chi connectivity index (χ3v) is 8.46. The summed E-state index contributed by atoms with van der Waals surface area (Å²) in [5, 5.41) is 18.1. The Morgan fingerprint density at radius 2 is 1.91 bits per heavy atom. The average molecular weight is 619 g/mol. The summed E-state index contributed by atoms with van der Waals surface area (Å²) in [6.45, 7) is 6.41. The summed E-state index contributed by atoms with van der Waals surface area (Å²) in [5.74, 6) is -1.81. The summed E-state index contributed by atoms with van der Waals surface area (Å²) in [6, 6.07) is 11.9. The van der Waals surface area contributed by atoms with Crippen LogP contribution in [0.4, 0.5) is 5.69 Å². The maximum atomic E-state index is 14.1. The minimum Gasteiger partial charge on any atom is -0.490 e. The van der Waals surface area contributed by atoms with Gasteiger partial charge in [0, 0.05) is 46.6 Å². The van der Waals surface area contributed by atoms with Crippen LogP contribution in [0.25, 0.3) is 21.6 Å². The van der Waals surface area contributed by atoms with Crippen molar-refractivity contribution in [1.29, 1.82) is 0 Å². The van der Waals surface area contributed by atoms with Crippen molar-refractivity contribution < 1.29 is 24.2 Å². The molecule has 0 saturated carbocycles. The second-order valence-electron chi connectivity index (χ2n) is 10.4. The molecule has 2 amide bonds. The number of nitrogens with two attached hydrogens (primary N) is 1. The fraction of sp³-hybridized carbons (Fsp3) is 0.250. The molecule has 1 aliphatic rings. The second kappa shape index (κ2) is 12.5. The molecule has 5 N–H and O–H groups in total. The maximum absolute atomic E-state index is 14.1. The Hall–Kier alpha value is -4.25. The van der Waals surface area contributed by atoms with Gasteiger partial charge >= 0.3 is 5.97 Å². The van der Waals surface area contributed by atoms with Crippen molar-refractivity contribution in [3.63, 3.8) is 0 Å². The van der Waals surface area contributed by atoms with Crippen molar-refractivity contribution in [2.75, 3.05) is 11.9 Å². The van der Waals surface area contributed by atoms with Gasteiger partial charge in [-0.15, -0.1) is 11.3 Å². The molecule has 1 aliphatic heterocycles. The Labute approximate surface area is 258 Å². The van der Waals surface area contributed by atoms with Crippen molar-refractivity contribution in [2.45, 2.75) is 46.3 Å². The summed E-state index contributed by atoms with van der Waals surface area (Å²) < 4.78 is 6.29. The standard InChI is InChI=1S/C32H31ClN4O5S/c1-4-8-35-31(39)25-6-5-20(28(36-25)32(40)41)21-14-26-23(29-19(7-9-43-29)11-17(3)42-26)13-22(21)30(38)37-27-16(2)10-18(15-34)12-24(27)33/h5-7,9-10,12-14,17H,4,8,11,15,34H2,1-3H3,(H,35,39)(H,37,38)(H,40,41)/t17-/m1/s1. The second-order valence-corrected chi connectivity index (χ2v) is 11.7. The molecule has 2 aromatic carbocycles. The number of halogens is 1. The molecule has 0 spiro atoms. The molecule has 5 rings (SSSR count). The first-order valence-electron chi connectivity index (χ1n) is 13.9. The smallest absolute Gasteiger partial charge is 0.355 e. The van der Waals surface area contributed by atoms with Crippen molar-refractivity contribution in [3.8, 4) is 27.3 Å². The average Bonchev–Trinajstić information content (AvgIpc) is 3.39. The number of aromatic carboxylic acids is 1. The molecular weight excluding hydrogens is 588 g/mol. The predicted molar refractivity (Wildman–Crippen MR) is 168 cm³/mol. The van der Waals surface area contributed by atoms with Crippen molar-refractivity contribution in [3.05, 3.63) is 86.5 Å². The number of hydrogen-bond donors (Lipinski definition) is 4. The summed E-state index contributed by atoms with van der Waals surface area (Å²) in [6.07, 6.45) is 1.23. The molecule has 0 unspecified atom stereocenters. The topological polar surface area (TPSA) is 144 Å². The van der Waals surface area contributed by atoms with Crippen LogP contribution in [-0.2, 0) is 13.0 Å². The maximum Gasteiger partial charge on any atom is 0.355 e. The number of pyridine rings is 1. The predicted octanol–water partition coefficient (Wildman–Crippen LogP) is 6.31. The number of fused-ring (bicyclic) bond motifs is 3. The van der Waals surface area contributed by atoms with Crippen molar-refractivity contribution >= 4 is 46.4 Å². The monoisotopic (exact) mass is 618 g/mol. The Bertz CT molecular complexity index is 1730. The first-order valence-corrected chi connectivity index (χ1v) is 15.1. The number of thiophene rings is 1. The molecule has 11 heteroatoms. The van der Waals surface area contributed by atoms with Crippen LogP contribution in [0.1, 0.15) is 68.3 Å². The number of aromatic nitrogens is 1. The zero-order chi connectivity index (χ0) is 30.8.